The maximum absolute atomic E-state index is 2.27. The highest BCUT2D eigenvalue weighted by atomic mass is 32.2. The van der Waals surface area contributed by atoms with Gasteiger partial charge < -0.3 is 14.9 Å². The molecule has 176 valence electrons. The molecule has 0 N–H and O–H groups in total. The average molecular weight is 469 g/mol. The Hall–Kier alpha value is -1.90. The number of benzene rings is 4. The molecule has 4 aromatic rings. The van der Waals surface area contributed by atoms with E-state index in [-0.39, 0.29) is 14.9 Å². The van der Waals surface area contributed by atoms with Crippen LogP contribution in [0.5, 0.6) is 0 Å². The molecular weight excluding hydrogens is 424 g/mol. The van der Waals surface area contributed by atoms with Crippen molar-refractivity contribution < 1.29 is 0 Å². The summed E-state index contributed by atoms with van der Waals surface area (Å²) >= 11 is 0. The summed E-state index contributed by atoms with van der Waals surface area (Å²) in [6, 6.07) is 30.2. The molecule has 32 heavy (non-hydrogen) atoms. The molecule has 0 atom stereocenters. The molecule has 4 aromatic carbocycles. The molecule has 0 bridgehead atoms. The highest BCUT2D eigenvalue weighted by Crippen LogP contribution is 2.23. The maximum atomic E-state index is 2.27. The van der Waals surface area contributed by atoms with Crippen molar-refractivity contribution in [3.05, 3.63) is 99.8 Å². The summed E-state index contributed by atoms with van der Waals surface area (Å²) in [6.45, 7) is 8.00. The van der Waals surface area contributed by atoms with Crippen LogP contribution in [-0.2, 0) is 21.8 Å². The van der Waals surface area contributed by atoms with Gasteiger partial charge in [-0.05, 0) is 35.0 Å². The molecule has 0 saturated carbocycles. The molecule has 0 radical (unpaired) electrons. The van der Waals surface area contributed by atoms with Gasteiger partial charge in [-0.2, -0.15) is 0 Å². The van der Waals surface area contributed by atoms with Gasteiger partial charge in [0.15, 0.2) is 9.79 Å². The van der Waals surface area contributed by atoms with Gasteiger partial charge >= 0.3 is 0 Å². The van der Waals surface area contributed by atoms with Crippen molar-refractivity contribution in [1.29, 1.82) is 0 Å². The first-order chi connectivity index (χ1) is 14.6. The lowest BCUT2D eigenvalue weighted by molar-refractivity contribution is 1.50. The minimum atomic E-state index is 0. The van der Waals surface area contributed by atoms with Crippen LogP contribution in [0.1, 0.15) is 27.7 Å². The number of hydrogen-bond acceptors (Lipinski definition) is 0. The normalized spacial score (nSPS) is 9.31. The van der Waals surface area contributed by atoms with Crippen LogP contribution in [0.25, 0.3) is 21.5 Å². The Kier molecular flexibility index (Phi) is 17.8. The van der Waals surface area contributed by atoms with E-state index in [2.05, 4.69) is 110 Å². The van der Waals surface area contributed by atoms with Gasteiger partial charge in [0.2, 0.25) is 0 Å². The van der Waals surface area contributed by atoms with Crippen molar-refractivity contribution in [2.75, 3.05) is 25.0 Å². The van der Waals surface area contributed by atoms with Crippen LogP contribution in [0.2, 0.25) is 0 Å². The van der Waals surface area contributed by atoms with Crippen LogP contribution in [0.4, 0.5) is 0 Å². The summed E-state index contributed by atoms with van der Waals surface area (Å²) in [5.74, 6) is 0. The lowest BCUT2D eigenvalue weighted by Crippen LogP contribution is -1.95. The van der Waals surface area contributed by atoms with E-state index < -0.39 is 0 Å². The molecule has 0 heterocycles. The first kappa shape index (κ1) is 32.3. The largest absolute Gasteiger partial charge is 0.358 e. The zero-order valence-corrected chi connectivity index (χ0v) is 23.5. The van der Waals surface area contributed by atoms with Crippen molar-refractivity contribution in [3.8, 4) is 0 Å². The summed E-state index contributed by atoms with van der Waals surface area (Å²) in [4.78, 5) is 2.94. The first-order valence-corrected chi connectivity index (χ1v) is 14.8. The van der Waals surface area contributed by atoms with E-state index >= 15 is 0 Å². The number of rotatable bonds is 2. The van der Waals surface area contributed by atoms with Gasteiger partial charge in [0.1, 0.15) is 25.0 Å². The fourth-order valence-corrected chi connectivity index (χ4v) is 5.06. The van der Waals surface area contributed by atoms with E-state index in [0.29, 0.717) is 21.8 Å². The van der Waals surface area contributed by atoms with E-state index in [1.807, 2.05) is 27.7 Å². The fraction of sp³-hybridized carbons (Fsp3) is 0.267. The van der Waals surface area contributed by atoms with E-state index in [1.54, 1.807) is 0 Å². The second kappa shape index (κ2) is 17.6. The predicted molar refractivity (Wildman–Crippen MR) is 158 cm³/mol. The molecule has 2 heteroatoms. The Morgan fingerprint density at radius 2 is 0.688 bits per heavy atom. The van der Waals surface area contributed by atoms with Crippen LogP contribution in [0, 0.1) is 14.9 Å². The summed E-state index contributed by atoms with van der Waals surface area (Å²) in [5.41, 5.74) is 0. The second-order valence-corrected chi connectivity index (χ2v) is 10.7. The number of hydrogen-bond donors (Lipinski definition) is 0. The monoisotopic (exact) mass is 468 g/mol. The molecule has 0 aromatic heterocycles. The average Bonchev–Trinajstić information content (AvgIpc) is 2.81. The molecule has 0 aliphatic heterocycles. The van der Waals surface area contributed by atoms with E-state index in [9.17, 15) is 0 Å². The molecule has 4 rings (SSSR count). The van der Waals surface area contributed by atoms with E-state index in [0.717, 1.165) is 0 Å². The van der Waals surface area contributed by atoms with Crippen molar-refractivity contribution in [3.63, 3.8) is 0 Å². The predicted octanol–water partition coefficient (Wildman–Crippen LogP) is 9.11. The van der Waals surface area contributed by atoms with Gasteiger partial charge in [0, 0.05) is 32.6 Å². The standard InChI is InChI=1S/2C12H13S.2C2H6.2CH3/c2*1-13(2)12-9-5-7-10-6-3-4-8-11(10)12;2*1-2;;/h2*3-9H,1-2H3;2*1-2H3;2*1H3/q2*+1;;;2*-1. The van der Waals surface area contributed by atoms with Gasteiger partial charge in [-0.3, -0.25) is 0 Å². The quantitative estimate of drug-likeness (QED) is 0.203. The highest BCUT2D eigenvalue weighted by molar-refractivity contribution is 7.96. The second-order valence-electron chi connectivity index (χ2n) is 6.59. The molecule has 0 saturated heterocycles. The van der Waals surface area contributed by atoms with Crippen LogP contribution >= 0.6 is 0 Å². The zero-order chi connectivity index (χ0) is 22.5. The van der Waals surface area contributed by atoms with E-state index in [4.69, 9.17) is 0 Å². The molecular formula is C30H44S2. The first-order valence-electron chi connectivity index (χ1n) is 10.7. The third-order valence-electron chi connectivity index (χ3n) is 4.38. The van der Waals surface area contributed by atoms with Crippen LogP contribution in [-0.4, -0.2) is 25.0 Å². The van der Waals surface area contributed by atoms with Crippen molar-refractivity contribution in [2.45, 2.75) is 37.5 Å². The third kappa shape index (κ3) is 8.92. The van der Waals surface area contributed by atoms with E-state index in [1.165, 1.54) is 31.3 Å². The lowest BCUT2D eigenvalue weighted by atomic mass is 10.1. The van der Waals surface area contributed by atoms with Gasteiger partial charge in [-0.1, -0.05) is 88.4 Å². The number of fused-ring (bicyclic) bond motifs is 2. The Balaban J connectivity index is 0. The molecule has 0 fully saturated rings. The molecule has 0 aliphatic rings. The highest BCUT2D eigenvalue weighted by Gasteiger charge is 2.12. The Morgan fingerprint density at radius 3 is 1.00 bits per heavy atom. The Labute approximate surface area is 205 Å². The Bertz CT molecular complexity index is 910. The molecule has 0 aliphatic carbocycles. The minimum Gasteiger partial charge on any atom is -0.358 e. The topological polar surface area (TPSA) is 0 Å². The smallest absolute Gasteiger partial charge is 0.162 e. The molecule has 0 unspecified atom stereocenters. The molecule has 0 amide bonds. The summed E-state index contributed by atoms with van der Waals surface area (Å²) in [7, 11) is 0.693. The fourth-order valence-electron chi connectivity index (χ4n) is 3.10. The summed E-state index contributed by atoms with van der Waals surface area (Å²) in [6.07, 6.45) is 9.06. The SMILES string of the molecule is CC.CC.C[S+](C)c1cccc2ccccc12.C[S+](C)c1cccc2ccccc12.[CH3-].[CH3-]. The van der Waals surface area contributed by atoms with Crippen molar-refractivity contribution >= 4 is 43.3 Å². The van der Waals surface area contributed by atoms with Gasteiger partial charge in [-0.15, -0.1) is 0 Å². The van der Waals surface area contributed by atoms with Crippen LogP contribution in [0.3, 0.4) is 0 Å². The van der Waals surface area contributed by atoms with Crippen molar-refractivity contribution in [1.82, 2.24) is 0 Å². The molecule has 0 nitrogen and oxygen atoms in total. The van der Waals surface area contributed by atoms with Gasteiger partial charge in [0.25, 0.3) is 0 Å². The minimum absolute atomic E-state index is 0. The lowest BCUT2D eigenvalue weighted by Gasteiger charge is -2.01. The van der Waals surface area contributed by atoms with Gasteiger partial charge in [0.05, 0.1) is 0 Å². The van der Waals surface area contributed by atoms with Crippen molar-refractivity contribution in [2.24, 2.45) is 0 Å². The Morgan fingerprint density at radius 1 is 0.406 bits per heavy atom. The summed E-state index contributed by atoms with van der Waals surface area (Å²) < 4.78 is 0. The van der Waals surface area contributed by atoms with Crippen LogP contribution in [0.15, 0.2) is 94.7 Å². The summed E-state index contributed by atoms with van der Waals surface area (Å²) in [5, 5.41) is 5.50. The van der Waals surface area contributed by atoms with Crippen LogP contribution < -0.4 is 0 Å². The van der Waals surface area contributed by atoms with Gasteiger partial charge in [-0.25, -0.2) is 0 Å². The zero-order valence-electron chi connectivity index (χ0n) is 21.9. The molecule has 0 spiro atoms. The maximum Gasteiger partial charge on any atom is 0.162 e. The third-order valence-corrected chi connectivity index (χ3v) is 6.85.